The molecular weight excluding hydrogens is 411 g/mol. The predicted octanol–water partition coefficient (Wildman–Crippen LogP) is 1.73. The van der Waals surface area contributed by atoms with Gasteiger partial charge >= 0.3 is 12.1 Å². The Hall–Kier alpha value is -2.27. The number of aliphatic carboxylic acids is 1. The number of benzene rings is 1. The maximum Gasteiger partial charge on any atom is 0.416 e. The van der Waals surface area contributed by atoms with Gasteiger partial charge in [0.25, 0.3) is 5.91 Å². The van der Waals surface area contributed by atoms with Crippen LogP contribution in [0.5, 0.6) is 0 Å². The van der Waals surface area contributed by atoms with Crippen LogP contribution in [0.15, 0.2) is 24.3 Å². The second-order valence-corrected chi connectivity index (χ2v) is 9.55. The number of alkyl halides is 3. The minimum atomic E-state index is -4.51. The smallest absolute Gasteiger partial charge is 0.416 e. The molecule has 2 aliphatic heterocycles. The van der Waals surface area contributed by atoms with Crippen LogP contribution in [0, 0.1) is 0 Å². The summed E-state index contributed by atoms with van der Waals surface area (Å²) in [6, 6.07) is 1.56. The molecular formula is C18H20F3N3O4S. The van der Waals surface area contributed by atoms with Gasteiger partial charge in [0.1, 0.15) is 23.0 Å². The molecule has 3 rings (SSSR count). The summed E-state index contributed by atoms with van der Waals surface area (Å²) in [6.45, 7) is 4.90. The molecule has 2 aliphatic rings. The topological polar surface area (TPSA) is 113 Å². The number of rotatable bonds is 4. The lowest BCUT2D eigenvalue weighted by atomic mass is 9.85. The second-order valence-electron chi connectivity index (χ2n) is 7.82. The Labute approximate surface area is 168 Å². The Morgan fingerprint density at radius 2 is 1.79 bits per heavy atom. The molecule has 0 aliphatic carbocycles. The van der Waals surface area contributed by atoms with Crippen LogP contribution in [0.2, 0.25) is 0 Å². The number of nitrogens with zero attached hydrogens (tertiary/aromatic N) is 1. The molecule has 29 heavy (non-hydrogen) atoms. The van der Waals surface area contributed by atoms with Gasteiger partial charge in [0, 0.05) is 4.75 Å². The fraction of sp³-hybridized carbons (Fsp3) is 0.500. The Morgan fingerprint density at radius 3 is 2.28 bits per heavy atom. The van der Waals surface area contributed by atoms with E-state index < -0.39 is 57.3 Å². The van der Waals surface area contributed by atoms with Crippen molar-refractivity contribution in [2.24, 2.45) is 5.73 Å². The lowest BCUT2D eigenvalue weighted by Crippen LogP contribution is -2.78. The Kier molecular flexibility index (Phi) is 4.90. The zero-order valence-electron chi connectivity index (χ0n) is 15.8. The minimum absolute atomic E-state index is 0.158. The summed E-state index contributed by atoms with van der Waals surface area (Å²) in [7, 11) is 0. The number of hydrogen-bond acceptors (Lipinski definition) is 5. The molecule has 2 fully saturated rings. The third-order valence-electron chi connectivity index (χ3n) is 5.27. The molecule has 11 heteroatoms. The van der Waals surface area contributed by atoms with Crippen LogP contribution in [-0.2, 0) is 20.6 Å². The zero-order valence-corrected chi connectivity index (χ0v) is 16.6. The standard InChI is InChI=1S/C18H20F3N3O4S/c1-16(2)11(13(26)27)24-14(28)17(3,15(24)29-16)23-12(25)10(22)8-4-6-9(7-5-8)18(19,20)21/h4-7,10-11,15H,22H2,1-3H3,(H,23,25)(H,26,27)/t10?,11-,15+,17?/m0/s1. The van der Waals surface area contributed by atoms with Crippen molar-refractivity contribution in [1.82, 2.24) is 10.2 Å². The average molecular weight is 431 g/mol. The predicted molar refractivity (Wildman–Crippen MR) is 98.6 cm³/mol. The second kappa shape index (κ2) is 6.63. The zero-order chi connectivity index (χ0) is 21.9. The van der Waals surface area contributed by atoms with Crippen LogP contribution >= 0.6 is 11.8 Å². The van der Waals surface area contributed by atoms with Crippen molar-refractivity contribution in [1.29, 1.82) is 0 Å². The van der Waals surface area contributed by atoms with Gasteiger partial charge in [-0.3, -0.25) is 9.59 Å². The highest BCUT2D eigenvalue weighted by atomic mass is 32.2. The van der Waals surface area contributed by atoms with Crippen molar-refractivity contribution in [2.45, 2.75) is 54.7 Å². The van der Waals surface area contributed by atoms with E-state index in [0.717, 1.165) is 24.3 Å². The maximum absolute atomic E-state index is 12.7. The molecule has 0 bridgehead atoms. The van der Waals surface area contributed by atoms with Crippen molar-refractivity contribution < 1.29 is 32.7 Å². The monoisotopic (exact) mass is 431 g/mol. The quantitative estimate of drug-likeness (QED) is 0.626. The van der Waals surface area contributed by atoms with Crippen molar-refractivity contribution in [2.75, 3.05) is 0 Å². The molecule has 4 atom stereocenters. The SMILES string of the molecule is CC1(C)S[C@H]2N(C(=O)C2(C)NC(=O)C(N)c2ccc(C(F)(F)F)cc2)[C@H]1C(=O)O. The van der Waals surface area contributed by atoms with Gasteiger partial charge in [0.05, 0.1) is 5.56 Å². The fourth-order valence-corrected chi connectivity index (χ4v) is 5.35. The first-order valence-corrected chi connectivity index (χ1v) is 9.56. The molecule has 0 radical (unpaired) electrons. The van der Waals surface area contributed by atoms with E-state index in [4.69, 9.17) is 5.73 Å². The Bertz CT molecular complexity index is 874. The van der Waals surface area contributed by atoms with Gasteiger partial charge in [-0.1, -0.05) is 12.1 Å². The number of nitrogens with one attached hydrogen (secondary N) is 1. The largest absolute Gasteiger partial charge is 0.480 e. The van der Waals surface area contributed by atoms with Gasteiger partial charge < -0.3 is 21.1 Å². The number of fused-ring (bicyclic) bond motifs is 1. The van der Waals surface area contributed by atoms with Gasteiger partial charge in [-0.2, -0.15) is 13.2 Å². The highest BCUT2D eigenvalue weighted by Gasteiger charge is 2.70. The number of hydrogen-bond donors (Lipinski definition) is 3. The Morgan fingerprint density at radius 1 is 1.24 bits per heavy atom. The highest BCUT2D eigenvalue weighted by molar-refractivity contribution is 8.01. The molecule has 2 saturated heterocycles. The summed E-state index contributed by atoms with van der Waals surface area (Å²) in [4.78, 5) is 38.1. The maximum atomic E-state index is 12.7. The summed E-state index contributed by atoms with van der Waals surface area (Å²) >= 11 is 1.26. The van der Waals surface area contributed by atoms with E-state index in [9.17, 15) is 32.7 Å². The summed E-state index contributed by atoms with van der Waals surface area (Å²) in [5.74, 6) is -2.41. The minimum Gasteiger partial charge on any atom is -0.480 e. The molecule has 0 saturated carbocycles. The number of carbonyl (C=O) groups is 3. The summed E-state index contributed by atoms with van der Waals surface area (Å²) < 4.78 is 37.3. The summed E-state index contributed by atoms with van der Waals surface area (Å²) in [6.07, 6.45) is -4.51. The van der Waals surface area contributed by atoms with Gasteiger partial charge in [-0.05, 0) is 38.5 Å². The molecule has 0 aromatic heterocycles. The number of β-lactam (4-membered cyclic amide) rings is 1. The molecule has 1 aromatic rings. The number of carboxylic acids is 1. The summed E-state index contributed by atoms with van der Waals surface area (Å²) in [5.41, 5.74) is 3.81. The molecule has 4 N–H and O–H groups in total. The number of carbonyl (C=O) groups excluding carboxylic acids is 2. The first-order chi connectivity index (χ1) is 13.2. The van der Waals surface area contributed by atoms with E-state index in [1.165, 1.54) is 23.6 Å². The fourth-order valence-electron chi connectivity index (χ4n) is 3.70. The molecule has 2 heterocycles. The van der Waals surface area contributed by atoms with Gasteiger partial charge in [0.15, 0.2) is 0 Å². The van der Waals surface area contributed by atoms with Crippen molar-refractivity contribution >= 4 is 29.5 Å². The number of amides is 2. The van der Waals surface area contributed by atoms with E-state index >= 15 is 0 Å². The highest BCUT2D eigenvalue weighted by Crippen LogP contribution is 2.54. The molecule has 2 amide bonds. The van der Waals surface area contributed by atoms with E-state index in [-0.39, 0.29) is 5.56 Å². The number of nitrogens with two attached hydrogens (primary N) is 1. The van der Waals surface area contributed by atoms with Gasteiger partial charge in [0.2, 0.25) is 5.91 Å². The average Bonchev–Trinajstić information content (AvgIpc) is 2.89. The summed E-state index contributed by atoms with van der Waals surface area (Å²) in [5, 5.41) is 11.4. The number of carboxylic acid groups (broad SMARTS) is 1. The van der Waals surface area contributed by atoms with Gasteiger partial charge in [-0.15, -0.1) is 11.8 Å². The normalized spacial score (nSPS) is 29.1. The number of thioether (sulfide) groups is 1. The van der Waals surface area contributed by atoms with Crippen LogP contribution in [0.25, 0.3) is 0 Å². The van der Waals surface area contributed by atoms with E-state index in [1.807, 2.05) is 0 Å². The Balaban J connectivity index is 1.76. The van der Waals surface area contributed by atoms with Crippen molar-refractivity contribution in [3.05, 3.63) is 35.4 Å². The molecule has 2 unspecified atom stereocenters. The third kappa shape index (κ3) is 3.35. The van der Waals surface area contributed by atoms with Crippen LogP contribution in [0.3, 0.4) is 0 Å². The number of halogens is 3. The molecule has 1 aromatic carbocycles. The molecule has 0 spiro atoms. The van der Waals surface area contributed by atoms with E-state index in [0.29, 0.717) is 0 Å². The van der Waals surface area contributed by atoms with E-state index in [2.05, 4.69) is 5.32 Å². The molecule has 7 nitrogen and oxygen atoms in total. The van der Waals surface area contributed by atoms with E-state index in [1.54, 1.807) is 13.8 Å². The van der Waals surface area contributed by atoms with Crippen LogP contribution in [0.1, 0.15) is 37.9 Å². The first-order valence-electron chi connectivity index (χ1n) is 8.68. The lowest BCUT2D eigenvalue weighted by Gasteiger charge is -2.51. The van der Waals surface area contributed by atoms with Crippen LogP contribution in [0.4, 0.5) is 13.2 Å². The van der Waals surface area contributed by atoms with Crippen LogP contribution < -0.4 is 11.1 Å². The van der Waals surface area contributed by atoms with Gasteiger partial charge in [-0.25, -0.2) is 4.79 Å². The van der Waals surface area contributed by atoms with Crippen molar-refractivity contribution in [3.8, 4) is 0 Å². The third-order valence-corrected chi connectivity index (χ3v) is 7.03. The lowest BCUT2D eigenvalue weighted by molar-refractivity contribution is -0.168. The molecule has 158 valence electrons. The first kappa shape index (κ1) is 21.4. The van der Waals surface area contributed by atoms with Crippen molar-refractivity contribution in [3.63, 3.8) is 0 Å². The van der Waals surface area contributed by atoms with Crippen LogP contribution in [-0.4, -0.2) is 49.5 Å².